The number of esters is 1. The first-order chi connectivity index (χ1) is 13.0. The number of hydrogen-bond acceptors (Lipinski definition) is 3. The third-order valence-corrected chi connectivity index (χ3v) is 4.49. The summed E-state index contributed by atoms with van der Waals surface area (Å²) in [6, 6.07) is 6.24. The standard InChI is InChI=1S/C9H8BrFO2.C8H6BrFO2.CH3F/c1-5-3-4-6(10)7(8(5)11)9(12)13-2;1-4-2-3-5(9)6(7(4)10)8(11)12;1-2/h3-4H,1-2H3;2-3H,1H3,(H,11,12);1H3/i;;1D. The predicted molar refractivity (Wildman–Crippen MR) is 103 cm³/mol. The second kappa shape index (κ2) is 11.8. The maximum absolute atomic E-state index is 13.4. The summed E-state index contributed by atoms with van der Waals surface area (Å²) in [4.78, 5) is 21.6. The van der Waals surface area contributed by atoms with Crippen molar-refractivity contribution in [3.63, 3.8) is 0 Å². The molecule has 0 bridgehead atoms. The Labute approximate surface area is 173 Å². The Hall–Kier alpha value is -1.87. The molecule has 4 nitrogen and oxygen atoms in total. The first-order valence-corrected chi connectivity index (χ1v) is 8.67. The molecule has 0 unspecified atom stereocenters. The van der Waals surface area contributed by atoms with E-state index in [1.54, 1.807) is 19.1 Å². The predicted octanol–water partition coefficient (Wildman–Crippen LogP) is 5.86. The molecule has 0 amide bonds. The van der Waals surface area contributed by atoms with Gasteiger partial charge in [0.1, 0.15) is 22.8 Å². The number of carboxylic acids is 1. The van der Waals surface area contributed by atoms with E-state index in [9.17, 15) is 22.8 Å². The lowest BCUT2D eigenvalue weighted by atomic mass is 10.1. The molecular weight excluding hydrogens is 497 g/mol. The highest BCUT2D eigenvalue weighted by atomic mass is 79.9. The Morgan fingerprint density at radius 1 is 1.00 bits per heavy atom. The fourth-order valence-corrected chi connectivity index (χ4v) is 2.74. The minimum atomic E-state index is -1.26. The van der Waals surface area contributed by atoms with Crippen molar-refractivity contribution in [2.24, 2.45) is 0 Å². The molecule has 0 aromatic heterocycles. The molecule has 1 N–H and O–H groups in total. The number of aryl methyl sites for hydroxylation is 2. The van der Waals surface area contributed by atoms with E-state index in [0.29, 0.717) is 15.6 Å². The molecular formula is C18H17Br2F3O4. The third kappa shape index (κ3) is 6.66. The van der Waals surface area contributed by atoms with Gasteiger partial charge in [0.2, 0.25) is 0 Å². The van der Waals surface area contributed by atoms with Gasteiger partial charge in [0, 0.05) is 8.95 Å². The van der Waals surface area contributed by atoms with Crippen molar-refractivity contribution in [1.29, 1.82) is 0 Å². The van der Waals surface area contributed by atoms with E-state index < -0.39 is 30.7 Å². The topological polar surface area (TPSA) is 63.6 Å². The summed E-state index contributed by atoms with van der Waals surface area (Å²) < 4.78 is 47.1. The van der Waals surface area contributed by atoms with Gasteiger partial charge in [-0.15, -0.1) is 0 Å². The Kier molecular flexibility index (Phi) is 10.1. The zero-order valence-electron chi connectivity index (χ0n) is 15.6. The second-order valence-electron chi connectivity index (χ2n) is 4.90. The van der Waals surface area contributed by atoms with Crippen LogP contribution in [0.1, 0.15) is 33.2 Å². The van der Waals surface area contributed by atoms with Gasteiger partial charge in [-0.05, 0) is 69.0 Å². The van der Waals surface area contributed by atoms with Crippen LogP contribution in [-0.2, 0) is 4.74 Å². The first-order valence-electron chi connectivity index (χ1n) is 7.80. The van der Waals surface area contributed by atoms with Crippen molar-refractivity contribution in [2.75, 3.05) is 14.3 Å². The summed E-state index contributed by atoms with van der Waals surface area (Å²) in [5, 5.41) is 8.60. The average molecular weight is 515 g/mol. The SMILES string of the molecule is COC(=O)c1c(Br)ccc(C)c1F.Cc1ccc(Br)c(C(=O)O)c1F.[2H]CF. The molecule has 0 saturated heterocycles. The van der Waals surface area contributed by atoms with E-state index in [-0.39, 0.29) is 15.6 Å². The molecule has 2 rings (SSSR count). The monoisotopic (exact) mass is 513 g/mol. The van der Waals surface area contributed by atoms with Gasteiger partial charge >= 0.3 is 11.9 Å². The third-order valence-electron chi connectivity index (χ3n) is 3.17. The van der Waals surface area contributed by atoms with E-state index >= 15 is 0 Å². The molecule has 0 heterocycles. The average Bonchev–Trinajstić information content (AvgIpc) is 2.63. The minimum Gasteiger partial charge on any atom is -0.478 e. The van der Waals surface area contributed by atoms with Crippen molar-refractivity contribution >= 4 is 43.8 Å². The lowest BCUT2D eigenvalue weighted by molar-refractivity contribution is 0.0593. The van der Waals surface area contributed by atoms with E-state index in [1.807, 2.05) is 0 Å². The lowest BCUT2D eigenvalue weighted by Gasteiger charge is -2.05. The quantitative estimate of drug-likeness (QED) is 0.509. The molecule has 0 aliphatic carbocycles. The van der Waals surface area contributed by atoms with Crippen molar-refractivity contribution < 1.29 is 34.0 Å². The summed E-state index contributed by atoms with van der Waals surface area (Å²) in [6.07, 6.45) is 0. The summed E-state index contributed by atoms with van der Waals surface area (Å²) in [6.45, 7) is 3.11. The molecule has 0 spiro atoms. The van der Waals surface area contributed by atoms with Gasteiger partial charge in [-0.3, -0.25) is 4.39 Å². The molecule has 0 atom stereocenters. The van der Waals surface area contributed by atoms with Crippen molar-refractivity contribution in [3.05, 3.63) is 67.1 Å². The van der Waals surface area contributed by atoms with Gasteiger partial charge in [-0.25, -0.2) is 18.4 Å². The second-order valence-corrected chi connectivity index (χ2v) is 6.61. The van der Waals surface area contributed by atoms with Crippen molar-refractivity contribution in [2.45, 2.75) is 13.8 Å². The molecule has 2 aromatic carbocycles. The molecule has 0 aliphatic heterocycles. The van der Waals surface area contributed by atoms with Crippen LogP contribution in [0.25, 0.3) is 0 Å². The highest BCUT2D eigenvalue weighted by Gasteiger charge is 2.17. The zero-order chi connectivity index (χ0) is 22.0. The van der Waals surface area contributed by atoms with Gasteiger partial charge < -0.3 is 9.84 Å². The normalized spacial score (nSPS) is 9.85. The van der Waals surface area contributed by atoms with Crippen molar-refractivity contribution in [1.82, 2.24) is 0 Å². The number of aromatic carboxylic acids is 1. The minimum absolute atomic E-state index is 0.0532. The fourth-order valence-electron chi connectivity index (χ4n) is 1.80. The van der Waals surface area contributed by atoms with Gasteiger partial charge in [-0.2, -0.15) is 0 Å². The lowest BCUT2D eigenvalue weighted by Crippen LogP contribution is -2.06. The Morgan fingerprint density at radius 3 is 1.70 bits per heavy atom. The Balaban J connectivity index is 0.000000458. The fraction of sp³-hybridized carbons (Fsp3) is 0.222. The number of rotatable bonds is 2. The highest BCUT2D eigenvalue weighted by molar-refractivity contribution is 9.10. The number of hydrogen-bond donors (Lipinski definition) is 1. The number of methoxy groups -OCH3 is 1. The maximum atomic E-state index is 13.4. The molecule has 27 heavy (non-hydrogen) atoms. The number of carboxylic acid groups (broad SMARTS) is 1. The number of carbonyl (C=O) groups excluding carboxylic acids is 1. The van der Waals surface area contributed by atoms with Gasteiger partial charge in [0.05, 0.1) is 15.6 Å². The molecule has 2 aromatic rings. The number of alkyl halides is 1. The summed E-state index contributed by atoms with van der Waals surface area (Å²) in [7, 11) is 0.219. The largest absolute Gasteiger partial charge is 0.478 e. The van der Waals surface area contributed by atoms with E-state index in [0.717, 1.165) is 0 Å². The highest BCUT2D eigenvalue weighted by Crippen LogP contribution is 2.23. The van der Waals surface area contributed by atoms with Gasteiger partial charge in [-0.1, -0.05) is 12.1 Å². The van der Waals surface area contributed by atoms with Crippen LogP contribution in [0, 0.1) is 25.5 Å². The maximum Gasteiger partial charge on any atom is 0.342 e. The Morgan fingerprint density at radius 2 is 1.37 bits per heavy atom. The number of carbonyl (C=O) groups is 2. The number of benzene rings is 2. The summed E-state index contributed by atoms with van der Waals surface area (Å²) in [5.74, 6) is -3.16. The molecule has 0 radical (unpaired) electrons. The molecule has 0 fully saturated rings. The first kappa shape index (κ1) is 23.2. The smallest absolute Gasteiger partial charge is 0.342 e. The van der Waals surface area contributed by atoms with Gasteiger partial charge in [0.25, 0.3) is 0 Å². The molecule has 148 valence electrons. The summed E-state index contributed by atoms with van der Waals surface area (Å²) in [5.41, 5.74) is 0.386. The van der Waals surface area contributed by atoms with E-state index in [1.165, 1.54) is 26.2 Å². The Bertz CT molecular complexity index is 848. The molecule has 0 saturated carbocycles. The van der Waals surface area contributed by atoms with E-state index in [2.05, 4.69) is 36.6 Å². The van der Waals surface area contributed by atoms with Crippen LogP contribution < -0.4 is 0 Å². The molecule has 9 heteroatoms. The van der Waals surface area contributed by atoms with Crippen molar-refractivity contribution in [3.8, 4) is 0 Å². The summed E-state index contributed by atoms with van der Waals surface area (Å²) >= 11 is 6.04. The number of halogens is 5. The molecule has 0 aliphatic rings. The van der Waals surface area contributed by atoms with Crippen LogP contribution in [0.3, 0.4) is 0 Å². The zero-order valence-corrected chi connectivity index (χ0v) is 17.8. The van der Waals surface area contributed by atoms with Crippen LogP contribution in [0.15, 0.2) is 33.2 Å². The van der Waals surface area contributed by atoms with Crippen LogP contribution in [0.4, 0.5) is 13.2 Å². The van der Waals surface area contributed by atoms with Crippen LogP contribution >= 0.6 is 31.9 Å². The number of ether oxygens (including phenoxy) is 1. The van der Waals surface area contributed by atoms with Gasteiger partial charge in [0.15, 0.2) is 0 Å². The van der Waals surface area contributed by atoms with Crippen LogP contribution in [0.2, 0.25) is 0 Å². The van der Waals surface area contributed by atoms with E-state index in [4.69, 9.17) is 6.48 Å². The van der Waals surface area contributed by atoms with Crippen LogP contribution in [-0.4, -0.2) is 31.3 Å². The van der Waals surface area contributed by atoms with Crippen LogP contribution in [0.5, 0.6) is 0 Å².